The van der Waals surface area contributed by atoms with E-state index < -0.39 is 0 Å². The summed E-state index contributed by atoms with van der Waals surface area (Å²) in [6, 6.07) is 9.68. The zero-order chi connectivity index (χ0) is 14.2. The highest BCUT2D eigenvalue weighted by Crippen LogP contribution is 2.10. The second kappa shape index (κ2) is 7.99. The molecule has 5 heteroatoms. The average Bonchev–Trinajstić information content (AvgIpc) is 2.49. The Morgan fingerprint density at radius 3 is 2.95 bits per heavy atom. The molecular weight excluding hydrogens is 258 g/mol. The summed E-state index contributed by atoms with van der Waals surface area (Å²) in [4.78, 5) is 11.8. The van der Waals surface area contributed by atoms with Gasteiger partial charge in [0.2, 0.25) is 5.91 Å². The third-order valence-corrected chi connectivity index (χ3v) is 3.29. The minimum atomic E-state index is -0.140. The fourth-order valence-electron chi connectivity index (χ4n) is 2.22. The summed E-state index contributed by atoms with van der Waals surface area (Å²) in [6.45, 7) is 1.64. The third-order valence-electron chi connectivity index (χ3n) is 3.29. The highest BCUT2D eigenvalue weighted by atomic mass is 16.5. The number of nitrogens with one attached hydrogen (secondary N) is 1. The van der Waals surface area contributed by atoms with E-state index in [0.717, 1.165) is 12.0 Å². The van der Waals surface area contributed by atoms with Crippen molar-refractivity contribution in [2.45, 2.75) is 25.2 Å². The number of rotatable bonds is 6. The van der Waals surface area contributed by atoms with Gasteiger partial charge in [-0.1, -0.05) is 30.3 Å². The Morgan fingerprint density at radius 2 is 2.20 bits per heavy atom. The normalized spacial score (nSPS) is 22.4. The minimum Gasteiger partial charge on any atom is -0.379 e. The number of hydrogen-bond donors (Lipinski definition) is 1. The van der Waals surface area contributed by atoms with E-state index in [1.165, 1.54) is 0 Å². The smallest absolute Gasteiger partial charge is 0.246 e. The molecule has 1 N–H and O–H groups in total. The Kier molecular flexibility index (Phi) is 5.98. The van der Waals surface area contributed by atoms with E-state index in [9.17, 15) is 4.79 Å². The standard InChI is InChI=1S/C15H21NO4/c1-18-14-7-8-19-10-13(14)16-15(17)11-20-9-12-5-3-2-4-6-12/h2-6,13-14H,7-11H2,1H3,(H,16,17)/t13-,14-/m1/s1. The van der Waals surface area contributed by atoms with Gasteiger partial charge < -0.3 is 19.5 Å². The summed E-state index contributed by atoms with van der Waals surface area (Å²) in [5, 5.41) is 2.89. The first-order chi connectivity index (χ1) is 9.79. The van der Waals surface area contributed by atoms with Crippen LogP contribution in [0.15, 0.2) is 30.3 Å². The van der Waals surface area contributed by atoms with E-state index in [4.69, 9.17) is 14.2 Å². The van der Waals surface area contributed by atoms with Gasteiger partial charge in [-0.3, -0.25) is 4.79 Å². The van der Waals surface area contributed by atoms with E-state index >= 15 is 0 Å². The van der Waals surface area contributed by atoms with E-state index in [1.54, 1.807) is 7.11 Å². The molecule has 1 heterocycles. The highest BCUT2D eigenvalue weighted by molar-refractivity contribution is 5.77. The fourth-order valence-corrected chi connectivity index (χ4v) is 2.22. The van der Waals surface area contributed by atoms with Crippen molar-refractivity contribution in [1.82, 2.24) is 5.32 Å². The molecule has 0 saturated carbocycles. The van der Waals surface area contributed by atoms with Crippen LogP contribution in [0.1, 0.15) is 12.0 Å². The summed E-state index contributed by atoms with van der Waals surface area (Å²) in [5.41, 5.74) is 1.05. The summed E-state index contributed by atoms with van der Waals surface area (Å²) in [5.74, 6) is -0.140. The van der Waals surface area contributed by atoms with E-state index in [2.05, 4.69) is 5.32 Å². The SMILES string of the molecule is CO[C@@H]1CCOC[C@H]1NC(=O)COCc1ccccc1. The van der Waals surface area contributed by atoms with Gasteiger partial charge in [0.05, 0.1) is 25.4 Å². The molecule has 1 saturated heterocycles. The van der Waals surface area contributed by atoms with Gasteiger partial charge in [-0.15, -0.1) is 0 Å². The van der Waals surface area contributed by atoms with Gasteiger partial charge in [-0.05, 0) is 12.0 Å². The minimum absolute atomic E-state index is 0.0156. The van der Waals surface area contributed by atoms with Crippen molar-refractivity contribution in [2.24, 2.45) is 0 Å². The van der Waals surface area contributed by atoms with Crippen LogP contribution >= 0.6 is 0 Å². The van der Waals surface area contributed by atoms with Crippen molar-refractivity contribution < 1.29 is 19.0 Å². The number of methoxy groups -OCH3 is 1. The molecule has 110 valence electrons. The first-order valence-electron chi connectivity index (χ1n) is 6.81. The maximum absolute atomic E-state index is 11.8. The predicted molar refractivity (Wildman–Crippen MR) is 74.3 cm³/mol. The summed E-state index contributed by atoms with van der Waals surface area (Å²) >= 11 is 0. The Balaban J connectivity index is 1.69. The lowest BCUT2D eigenvalue weighted by molar-refractivity contribution is -0.130. The zero-order valence-electron chi connectivity index (χ0n) is 11.7. The first kappa shape index (κ1) is 15.0. The topological polar surface area (TPSA) is 56.8 Å². The lowest BCUT2D eigenvalue weighted by atomic mass is 10.1. The molecule has 0 aromatic heterocycles. The molecule has 0 aliphatic carbocycles. The lowest BCUT2D eigenvalue weighted by Crippen LogP contribution is -2.51. The van der Waals surface area contributed by atoms with Crippen LogP contribution in [-0.2, 0) is 25.6 Å². The van der Waals surface area contributed by atoms with Crippen LogP contribution in [0, 0.1) is 0 Å². The van der Waals surface area contributed by atoms with Gasteiger partial charge in [-0.25, -0.2) is 0 Å². The molecule has 20 heavy (non-hydrogen) atoms. The van der Waals surface area contributed by atoms with E-state index in [1.807, 2.05) is 30.3 Å². The number of carbonyl (C=O) groups excluding carboxylic acids is 1. The molecule has 1 aliphatic rings. The molecular formula is C15H21NO4. The summed E-state index contributed by atoms with van der Waals surface area (Å²) < 4.78 is 16.1. The average molecular weight is 279 g/mol. The van der Waals surface area contributed by atoms with Gasteiger partial charge in [0.15, 0.2) is 0 Å². The fraction of sp³-hybridized carbons (Fsp3) is 0.533. The zero-order valence-corrected chi connectivity index (χ0v) is 11.7. The second-order valence-corrected chi connectivity index (χ2v) is 4.79. The molecule has 1 aliphatic heterocycles. The van der Waals surface area contributed by atoms with Crippen molar-refractivity contribution in [3.63, 3.8) is 0 Å². The molecule has 2 atom stereocenters. The molecule has 1 fully saturated rings. The van der Waals surface area contributed by atoms with Crippen molar-refractivity contribution >= 4 is 5.91 Å². The Hall–Kier alpha value is -1.43. The molecule has 0 unspecified atom stereocenters. The summed E-state index contributed by atoms with van der Waals surface area (Å²) in [7, 11) is 1.65. The molecule has 1 amide bonds. The van der Waals surface area contributed by atoms with Gasteiger partial charge in [0.25, 0.3) is 0 Å². The molecule has 5 nitrogen and oxygen atoms in total. The monoisotopic (exact) mass is 279 g/mol. The van der Waals surface area contributed by atoms with Gasteiger partial charge in [0.1, 0.15) is 6.61 Å². The maximum atomic E-state index is 11.8. The highest BCUT2D eigenvalue weighted by Gasteiger charge is 2.26. The first-order valence-corrected chi connectivity index (χ1v) is 6.81. The van der Waals surface area contributed by atoms with Gasteiger partial charge in [-0.2, -0.15) is 0 Å². The number of hydrogen-bond acceptors (Lipinski definition) is 4. The lowest BCUT2D eigenvalue weighted by Gasteiger charge is -2.30. The number of amides is 1. The Labute approximate surface area is 119 Å². The van der Waals surface area contributed by atoms with Crippen LogP contribution in [0.25, 0.3) is 0 Å². The van der Waals surface area contributed by atoms with Crippen molar-refractivity contribution in [2.75, 3.05) is 26.9 Å². The number of ether oxygens (including phenoxy) is 3. The van der Waals surface area contributed by atoms with Gasteiger partial charge >= 0.3 is 0 Å². The van der Waals surface area contributed by atoms with E-state index in [0.29, 0.717) is 19.8 Å². The van der Waals surface area contributed by atoms with Crippen molar-refractivity contribution in [1.29, 1.82) is 0 Å². The number of benzene rings is 1. The Bertz CT molecular complexity index is 410. The van der Waals surface area contributed by atoms with Crippen molar-refractivity contribution in [3.8, 4) is 0 Å². The van der Waals surface area contributed by atoms with Crippen molar-refractivity contribution in [3.05, 3.63) is 35.9 Å². The van der Waals surface area contributed by atoms with Gasteiger partial charge in [0, 0.05) is 13.7 Å². The molecule has 0 radical (unpaired) electrons. The number of carbonyl (C=O) groups is 1. The molecule has 1 aromatic carbocycles. The predicted octanol–water partition coefficient (Wildman–Crippen LogP) is 1.12. The quantitative estimate of drug-likeness (QED) is 0.848. The third kappa shape index (κ3) is 4.59. The van der Waals surface area contributed by atoms with E-state index in [-0.39, 0.29) is 24.7 Å². The molecule has 2 rings (SSSR count). The maximum Gasteiger partial charge on any atom is 0.246 e. The van der Waals surface area contributed by atoms with Crippen LogP contribution in [0.4, 0.5) is 0 Å². The Morgan fingerprint density at radius 1 is 1.40 bits per heavy atom. The second-order valence-electron chi connectivity index (χ2n) is 4.79. The van der Waals surface area contributed by atoms with Crippen LogP contribution in [0.2, 0.25) is 0 Å². The van der Waals surface area contributed by atoms with Crippen LogP contribution in [0.5, 0.6) is 0 Å². The molecule has 1 aromatic rings. The summed E-state index contributed by atoms with van der Waals surface area (Å²) in [6.07, 6.45) is 0.814. The molecule has 0 spiro atoms. The largest absolute Gasteiger partial charge is 0.379 e. The molecule has 0 bridgehead atoms. The van der Waals surface area contributed by atoms with Crippen LogP contribution in [0.3, 0.4) is 0 Å². The van der Waals surface area contributed by atoms with Crippen LogP contribution in [-0.4, -0.2) is 45.0 Å². The van der Waals surface area contributed by atoms with Crippen LogP contribution < -0.4 is 5.32 Å².